The van der Waals surface area contributed by atoms with Gasteiger partial charge in [0.15, 0.2) is 6.61 Å². The third-order valence-electron chi connectivity index (χ3n) is 3.90. The third-order valence-corrected chi connectivity index (χ3v) is 3.90. The van der Waals surface area contributed by atoms with Gasteiger partial charge in [-0.15, -0.1) is 0 Å². The highest BCUT2D eigenvalue weighted by Crippen LogP contribution is 2.19. The summed E-state index contributed by atoms with van der Waals surface area (Å²) < 4.78 is 5.46. The van der Waals surface area contributed by atoms with Crippen molar-refractivity contribution in [1.29, 1.82) is 0 Å². The molecule has 0 fully saturated rings. The normalized spacial score (nSPS) is 10.1. The predicted molar refractivity (Wildman–Crippen MR) is 110 cm³/mol. The first-order valence-electron chi connectivity index (χ1n) is 8.80. The van der Waals surface area contributed by atoms with E-state index in [9.17, 15) is 9.59 Å². The lowest BCUT2D eigenvalue weighted by atomic mass is 10.1. The van der Waals surface area contributed by atoms with Crippen LogP contribution in [0.2, 0.25) is 0 Å². The lowest BCUT2D eigenvalue weighted by molar-refractivity contribution is -0.118. The zero-order valence-corrected chi connectivity index (χ0v) is 15.2. The molecule has 0 heterocycles. The third kappa shape index (κ3) is 5.88. The minimum Gasteiger partial charge on any atom is -0.484 e. The average Bonchev–Trinajstić information content (AvgIpc) is 2.69. The van der Waals surface area contributed by atoms with Crippen molar-refractivity contribution in [2.75, 3.05) is 17.2 Å². The van der Waals surface area contributed by atoms with Crippen LogP contribution in [-0.4, -0.2) is 18.4 Å². The van der Waals surface area contributed by atoms with Crippen molar-refractivity contribution in [1.82, 2.24) is 0 Å². The lowest BCUT2D eigenvalue weighted by Gasteiger charge is -2.10. The summed E-state index contributed by atoms with van der Waals surface area (Å²) in [7, 11) is 0. The number of primary amides is 1. The summed E-state index contributed by atoms with van der Waals surface area (Å²) in [5, 5.41) is 6.07. The molecule has 0 radical (unpaired) electrons. The molecule has 0 aliphatic heterocycles. The fourth-order valence-electron chi connectivity index (χ4n) is 2.58. The first-order chi connectivity index (χ1) is 13.6. The molecule has 0 unspecified atom stereocenters. The zero-order valence-electron chi connectivity index (χ0n) is 15.2. The first-order valence-corrected chi connectivity index (χ1v) is 8.80. The second-order valence-electron chi connectivity index (χ2n) is 6.19. The predicted octanol–water partition coefficient (Wildman–Crippen LogP) is 3.48. The van der Waals surface area contributed by atoms with Crippen molar-refractivity contribution in [3.63, 3.8) is 0 Å². The molecule has 6 heteroatoms. The molecule has 3 aromatic carbocycles. The molecule has 3 aromatic rings. The summed E-state index contributed by atoms with van der Waals surface area (Å²) in [5.41, 5.74) is 8.56. The molecule has 0 spiro atoms. The van der Waals surface area contributed by atoms with Crippen LogP contribution in [0, 0.1) is 0 Å². The largest absolute Gasteiger partial charge is 0.484 e. The molecule has 28 heavy (non-hydrogen) atoms. The molecule has 2 amide bonds. The van der Waals surface area contributed by atoms with Gasteiger partial charge in [-0.3, -0.25) is 9.59 Å². The number of amides is 2. The number of rotatable bonds is 8. The van der Waals surface area contributed by atoms with Crippen LogP contribution in [-0.2, 0) is 16.0 Å². The van der Waals surface area contributed by atoms with E-state index in [1.54, 1.807) is 24.3 Å². The van der Waals surface area contributed by atoms with Gasteiger partial charge < -0.3 is 21.1 Å². The van der Waals surface area contributed by atoms with Crippen LogP contribution in [0.3, 0.4) is 0 Å². The molecule has 3 rings (SSSR count). The van der Waals surface area contributed by atoms with E-state index in [1.165, 1.54) is 0 Å². The van der Waals surface area contributed by atoms with E-state index in [4.69, 9.17) is 10.5 Å². The molecule has 0 aliphatic carbocycles. The Kier molecular flexibility index (Phi) is 6.25. The fourth-order valence-corrected chi connectivity index (χ4v) is 2.58. The molecule has 0 aromatic heterocycles. The van der Waals surface area contributed by atoms with Gasteiger partial charge in [0.25, 0.3) is 5.91 Å². The van der Waals surface area contributed by atoms with Gasteiger partial charge in [0, 0.05) is 17.1 Å². The average molecular weight is 375 g/mol. The van der Waals surface area contributed by atoms with Gasteiger partial charge >= 0.3 is 0 Å². The van der Waals surface area contributed by atoms with Crippen LogP contribution in [0.5, 0.6) is 5.75 Å². The van der Waals surface area contributed by atoms with Crippen molar-refractivity contribution in [3.05, 3.63) is 84.4 Å². The minimum atomic E-state index is -0.391. The van der Waals surface area contributed by atoms with E-state index < -0.39 is 5.91 Å². The molecular weight excluding hydrogens is 354 g/mol. The van der Waals surface area contributed by atoms with Crippen LogP contribution in [0.15, 0.2) is 78.9 Å². The number of carbonyl (C=O) groups excluding carboxylic acids is 2. The van der Waals surface area contributed by atoms with Crippen molar-refractivity contribution < 1.29 is 14.3 Å². The molecule has 142 valence electrons. The van der Waals surface area contributed by atoms with Crippen LogP contribution in [0.1, 0.15) is 5.56 Å². The Labute approximate surface area is 163 Å². The van der Waals surface area contributed by atoms with Crippen molar-refractivity contribution in [3.8, 4) is 5.75 Å². The SMILES string of the molecule is NC(=O)Cc1ccc(OCC(=O)Nc2ccc(Nc3ccccc3)cc2)cc1. The summed E-state index contributed by atoms with van der Waals surface area (Å²) in [6.07, 6.45) is 0.176. The summed E-state index contributed by atoms with van der Waals surface area (Å²) in [6.45, 7) is -0.112. The summed E-state index contributed by atoms with van der Waals surface area (Å²) in [6, 6.07) is 24.2. The summed E-state index contributed by atoms with van der Waals surface area (Å²) >= 11 is 0. The number of nitrogens with two attached hydrogens (primary N) is 1. The number of nitrogens with one attached hydrogen (secondary N) is 2. The Morgan fingerprint density at radius 2 is 1.39 bits per heavy atom. The van der Waals surface area contributed by atoms with Crippen molar-refractivity contribution >= 4 is 28.9 Å². The molecular formula is C22H21N3O3. The Morgan fingerprint density at radius 3 is 2.04 bits per heavy atom. The number of hydrogen-bond donors (Lipinski definition) is 3. The molecule has 0 atom stereocenters. The molecule has 0 bridgehead atoms. The van der Waals surface area contributed by atoms with E-state index in [2.05, 4.69) is 10.6 Å². The Bertz CT molecular complexity index is 924. The van der Waals surface area contributed by atoms with Crippen LogP contribution in [0.25, 0.3) is 0 Å². The quantitative estimate of drug-likeness (QED) is 0.562. The fraction of sp³-hybridized carbons (Fsp3) is 0.0909. The molecule has 0 aliphatic rings. The monoisotopic (exact) mass is 375 g/mol. The number of para-hydroxylation sites is 1. The number of ether oxygens (including phenoxy) is 1. The van der Waals surface area contributed by atoms with Gasteiger partial charge in [0.2, 0.25) is 5.91 Å². The van der Waals surface area contributed by atoms with Gasteiger partial charge in [-0.25, -0.2) is 0 Å². The highest BCUT2D eigenvalue weighted by molar-refractivity contribution is 5.92. The maximum atomic E-state index is 12.1. The Balaban J connectivity index is 1.47. The van der Waals surface area contributed by atoms with Gasteiger partial charge in [-0.05, 0) is 54.1 Å². The Hall–Kier alpha value is -3.80. The number of carbonyl (C=O) groups is 2. The highest BCUT2D eigenvalue weighted by Gasteiger charge is 2.05. The van der Waals surface area contributed by atoms with E-state index in [0.29, 0.717) is 11.4 Å². The Morgan fingerprint density at radius 1 is 0.786 bits per heavy atom. The van der Waals surface area contributed by atoms with E-state index in [1.807, 2.05) is 54.6 Å². The first kappa shape index (κ1) is 19.0. The number of benzene rings is 3. The van der Waals surface area contributed by atoms with Gasteiger partial charge in [0.1, 0.15) is 5.75 Å². The minimum absolute atomic E-state index is 0.112. The molecule has 0 saturated heterocycles. The smallest absolute Gasteiger partial charge is 0.262 e. The maximum absolute atomic E-state index is 12.1. The maximum Gasteiger partial charge on any atom is 0.262 e. The van der Waals surface area contributed by atoms with Crippen LogP contribution >= 0.6 is 0 Å². The van der Waals surface area contributed by atoms with Gasteiger partial charge in [0.05, 0.1) is 6.42 Å². The van der Waals surface area contributed by atoms with Gasteiger partial charge in [-0.2, -0.15) is 0 Å². The standard InChI is InChI=1S/C22H21N3O3/c23-21(26)14-16-6-12-20(13-7-16)28-15-22(27)25-19-10-8-18(9-11-19)24-17-4-2-1-3-5-17/h1-13,24H,14-15H2,(H2,23,26)(H,25,27). The topological polar surface area (TPSA) is 93.5 Å². The lowest BCUT2D eigenvalue weighted by Crippen LogP contribution is -2.20. The second-order valence-corrected chi connectivity index (χ2v) is 6.19. The highest BCUT2D eigenvalue weighted by atomic mass is 16.5. The van der Waals surface area contributed by atoms with E-state index in [0.717, 1.165) is 16.9 Å². The van der Waals surface area contributed by atoms with Crippen molar-refractivity contribution in [2.45, 2.75) is 6.42 Å². The van der Waals surface area contributed by atoms with E-state index >= 15 is 0 Å². The van der Waals surface area contributed by atoms with Gasteiger partial charge in [-0.1, -0.05) is 30.3 Å². The summed E-state index contributed by atoms with van der Waals surface area (Å²) in [5.74, 6) is -0.103. The molecule has 4 N–H and O–H groups in total. The van der Waals surface area contributed by atoms with E-state index in [-0.39, 0.29) is 18.9 Å². The zero-order chi connectivity index (χ0) is 19.8. The number of anilines is 3. The van der Waals surface area contributed by atoms with Crippen LogP contribution < -0.4 is 21.1 Å². The molecule has 0 saturated carbocycles. The second kappa shape index (κ2) is 9.23. The molecule has 6 nitrogen and oxygen atoms in total. The number of hydrogen-bond acceptors (Lipinski definition) is 4. The van der Waals surface area contributed by atoms with Crippen LogP contribution in [0.4, 0.5) is 17.1 Å². The summed E-state index contributed by atoms with van der Waals surface area (Å²) in [4.78, 5) is 23.0. The van der Waals surface area contributed by atoms with Crippen molar-refractivity contribution in [2.24, 2.45) is 5.73 Å².